The average Bonchev–Trinajstić information content (AvgIpc) is 3.86. The van der Waals surface area contributed by atoms with Crippen LogP contribution in [0.2, 0.25) is 0 Å². The zero-order valence-corrected chi connectivity index (χ0v) is 31.5. The minimum atomic E-state index is -0.933. The fourth-order valence-corrected chi connectivity index (χ4v) is 5.98. The van der Waals surface area contributed by atoms with E-state index < -0.39 is 54.3 Å². The van der Waals surface area contributed by atoms with Crippen LogP contribution in [0.5, 0.6) is 11.5 Å². The van der Waals surface area contributed by atoms with E-state index >= 15 is 0 Å². The summed E-state index contributed by atoms with van der Waals surface area (Å²) in [4.78, 5) is 61.9. The van der Waals surface area contributed by atoms with Gasteiger partial charge in [-0.25, -0.2) is 24.0 Å². The zero-order chi connectivity index (χ0) is 41.9. The fourth-order valence-electron chi connectivity index (χ4n) is 5.98. The second kappa shape index (κ2) is 19.0. The summed E-state index contributed by atoms with van der Waals surface area (Å²) in [6, 6.07) is 28.9. The molecule has 4 aromatic rings. The molecule has 59 heavy (non-hydrogen) atoms. The lowest BCUT2D eigenvalue weighted by Gasteiger charge is -2.17. The highest BCUT2D eigenvalue weighted by Gasteiger charge is 2.51. The first-order valence-electron chi connectivity index (χ1n) is 17.9. The third-order valence-corrected chi connectivity index (χ3v) is 9.08. The Morgan fingerprint density at radius 3 is 1.42 bits per heavy atom. The van der Waals surface area contributed by atoms with Crippen molar-refractivity contribution in [3.8, 4) is 23.6 Å². The van der Waals surface area contributed by atoms with E-state index in [0.29, 0.717) is 22.4 Å². The molecule has 0 unspecified atom stereocenters. The van der Waals surface area contributed by atoms with Crippen molar-refractivity contribution in [2.24, 2.45) is 0 Å². The van der Waals surface area contributed by atoms with Gasteiger partial charge in [-0.05, 0) is 89.5 Å². The number of ether oxygens (including phenoxy) is 8. The summed E-state index contributed by atoms with van der Waals surface area (Å²) < 4.78 is 43.2. The lowest BCUT2D eigenvalue weighted by Crippen LogP contribution is -2.36. The number of nitrogens with zero attached hydrogens (tertiary/aromatic N) is 2. The molecule has 4 aromatic carbocycles. The quantitative estimate of drug-likeness (QED) is 0.0561. The number of hydrogen-bond acceptors (Lipinski definition) is 15. The molecule has 2 saturated heterocycles. The van der Waals surface area contributed by atoms with Gasteiger partial charge >= 0.3 is 29.8 Å². The summed E-state index contributed by atoms with van der Waals surface area (Å²) in [5, 5.41) is 19.5. The molecular formula is C44H34N2O13. The van der Waals surface area contributed by atoms with Gasteiger partial charge in [0.2, 0.25) is 0 Å². The molecule has 15 nitrogen and oxygen atoms in total. The van der Waals surface area contributed by atoms with Gasteiger partial charge < -0.3 is 37.9 Å². The SMILES string of the molecule is COC(=O)c1ccc(COc2ccc(/C=C(\C#N)C(=O)O[C@@H]3CO[C@H]4[C@@H]3OC[C@@H]4OC(=O)/C(C#N)=C/c3ccc(OC(=O)c4ccc(C(=O)OC)cc4)cc3)cc2)cc1. The Balaban J connectivity index is 0.984. The molecule has 2 aliphatic rings. The van der Waals surface area contributed by atoms with Crippen LogP contribution in [0.4, 0.5) is 0 Å². The van der Waals surface area contributed by atoms with Crippen molar-refractivity contribution in [2.75, 3.05) is 27.4 Å². The van der Waals surface area contributed by atoms with Gasteiger partial charge in [-0.3, -0.25) is 0 Å². The smallest absolute Gasteiger partial charge is 0.349 e. The van der Waals surface area contributed by atoms with Crippen molar-refractivity contribution < 1.29 is 61.9 Å². The van der Waals surface area contributed by atoms with Crippen LogP contribution >= 0.6 is 0 Å². The molecule has 6 rings (SSSR count). The second-order valence-corrected chi connectivity index (χ2v) is 12.9. The Bertz CT molecular complexity index is 2360. The highest BCUT2D eigenvalue weighted by molar-refractivity contribution is 5.99. The van der Waals surface area contributed by atoms with E-state index in [-0.39, 0.29) is 47.8 Å². The molecule has 0 bridgehead atoms. The van der Waals surface area contributed by atoms with Crippen LogP contribution in [-0.4, -0.2) is 81.7 Å². The second-order valence-electron chi connectivity index (χ2n) is 12.9. The Morgan fingerprint density at radius 2 is 1.00 bits per heavy atom. The monoisotopic (exact) mass is 798 g/mol. The summed E-state index contributed by atoms with van der Waals surface area (Å²) in [5.41, 5.74) is 2.14. The number of carbonyl (C=O) groups is 5. The molecule has 0 radical (unpaired) electrons. The van der Waals surface area contributed by atoms with Crippen LogP contribution in [0.25, 0.3) is 12.2 Å². The van der Waals surface area contributed by atoms with Crippen LogP contribution in [0.1, 0.15) is 47.8 Å². The van der Waals surface area contributed by atoms with Gasteiger partial charge in [0, 0.05) is 0 Å². The van der Waals surface area contributed by atoms with Gasteiger partial charge in [-0.2, -0.15) is 10.5 Å². The fraction of sp³-hybridized carbons (Fsp3) is 0.205. The standard InChI is InChI=1S/C44H34N2O13/c1-52-40(47)29-9-3-28(4-10-29)23-54-34-15-5-26(6-16-34)19-32(21-45)43(50)58-36-24-55-39-37(25-56-38(36)39)59-44(51)33(22-46)20-27-7-17-35(18-8-27)57-42(49)31-13-11-30(12-14-31)41(48)53-2/h3-20,36-39H,23-25H2,1-2H3/b32-19+,33-20+/t36-,37+,38-,39-/m1/s1. The van der Waals surface area contributed by atoms with Crippen molar-refractivity contribution >= 4 is 42.0 Å². The third-order valence-electron chi connectivity index (χ3n) is 9.08. The van der Waals surface area contributed by atoms with Crippen LogP contribution in [0, 0.1) is 22.7 Å². The van der Waals surface area contributed by atoms with Gasteiger partial charge in [-0.15, -0.1) is 0 Å². The zero-order valence-electron chi connectivity index (χ0n) is 31.5. The molecule has 0 aliphatic carbocycles. The van der Waals surface area contributed by atoms with Crippen molar-refractivity contribution in [3.63, 3.8) is 0 Å². The first-order chi connectivity index (χ1) is 28.6. The van der Waals surface area contributed by atoms with E-state index in [1.165, 1.54) is 74.9 Å². The van der Waals surface area contributed by atoms with Crippen molar-refractivity contribution in [1.82, 2.24) is 0 Å². The van der Waals surface area contributed by atoms with Crippen molar-refractivity contribution in [1.29, 1.82) is 10.5 Å². The minimum Gasteiger partial charge on any atom is -0.489 e. The van der Waals surface area contributed by atoms with Gasteiger partial charge in [-0.1, -0.05) is 36.4 Å². The Hall–Kier alpha value is -7.59. The molecule has 0 spiro atoms. The van der Waals surface area contributed by atoms with Crippen LogP contribution in [0.3, 0.4) is 0 Å². The normalized spacial score (nSPS) is 18.3. The van der Waals surface area contributed by atoms with Crippen LogP contribution in [-0.2, 0) is 44.6 Å². The Labute approximate surface area is 337 Å². The van der Waals surface area contributed by atoms with Crippen LogP contribution in [0.15, 0.2) is 108 Å². The first kappa shape index (κ1) is 41.1. The maximum absolute atomic E-state index is 13.0. The predicted octanol–water partition coefficient (Wildman–Crippen LogP) is 5.19. The number of nitriles is 2. The van der Waals surface area contributed by atoms with E-state index in [9.17, 15) is 34.5 Å². The maximum Gasteiger partial charge on any atom is 0.349 e. The molecule has 15 heteroatoms. The third kappa shape index (κ3) is 10.2. The minimum absolute atomic E-state index is 0.0814. The van der Waals surface area contributed by atoms with E-state index in [2.05, 4.69) is 4.74 Å². The van der Waals surface area contributed by atoms with Gasteiger partial charge in [0.15, 0.2) is 12.2 Å². The highest BCUT2D eigenvalue weighted by Crippen LogP contribution is 2.32. The first-order valence-corrected chi connectivity index (χ1v) is 17.9. The summed E-state index contributed by atoms with van der Waals surface area (Å²) in [6.07, 6.45) is -0.728. The van der Waals surface area contributed by atoms with E-state index in [0.717, 1.165) is 5.56 Å². The Kier molecular flexibility index (Phi) is 13.2. The predicted molar refractivity (Wildman–Crippen MR) is 204 cm³/mol. The van der Waals surface area contributed by atoms with Crippen molar-refractivity contribution in [3.05, 3.63) is 142 Å². The molecule has 4 atom stereocenters. The molecule has 0 amide bonds. The highest BCUT2D eigenvalue weighted by atomic mass is 16.7. The van der Waals surface area contributed by atoms with Gasteiger partial charge in [0.1, 0.15) is 53.6 Å². The average molecular weight is 799 g/mol. The lowest BCUT2D eigenvalue weighted by atomic mass is 10.1. The number of carbonyl (C=O) groups excluding carboxylic acids is 5. The van der Waals surface area contributed by atoms with E-state index in [1.54, 1.807) is 48.5 Å². The number of rotatable bonds is 13. The number of hydrogen-bond donors (Lipinski definition) is 0. The topological polar surface area (TPSA) is 207 Å². The largest absolute Gasteiger partial charge is 0.489 e. The maximum atomic E-state index is 13.0. The van der Waals surface area contributed by atoms with Gasteiger partial charge in [0.05, 0.1) is 44.1 Å². The molecule has 2 aliphatic heterocycles. The number of benzene rings is 4. The molecule has 2 heterocycles. The lowest BCUT2D eigenvalue weighted by molar-refractivity contribution is -0.150. The Morgan fingerprint density at radius 1 is 0.593 bits per heavy atom. The molecule has 0 saturated carbocycles. The van der Waals surface area contributed by atoms with E-state index in [4.69, 9.17) is 33.2 Å². The molecule has 0 N–H and O–H groups in total. The summed E-state index contributed by atoms with van der Waals surface area (Å²) in [5.74, 6) is -2.73. The van der Waals surface area contributed by atoms with E-state index in [1.807, 2.05) is 12.1 Å². The number of fused-ring (bicyclic) bond motifs is 1. The molecule has 298 valence electrons. The number of esters is 5. The summed E-state index contributed by atoms with van der Waals surface area (Å²) >= 11 is 0. The molecular weight excluding hydrogens is 764 g/mol. The summed E-state index contributed by atoms with van der Waals surface area (Å²) in [7, 11) is 2.56. The number of methoxy groups -OCH3 is 2. The van der Waals surface area contributed by atoms with Crippen molar-refractivity contribution in [2.45, 2.75) is 31.0 Å². The summed E-state index contributed by atoms with van der Waals surface area (Å²) in [6.45, 7) is 0.0721. The molecule has 2 fully saturated rings. The van der Waals surface area contributed by atoms with Gasteiger partial charge in [0.25, 0.3) is 0 Å². The van der Waals surface area contributed by atoms with Crippen LogP contribution < -0.4 is 9.47 Å². The molecule has 0 aromatic heterocycles.